The number of anilines is 1. The van der Waals surface area contributed by atoms with Gasteiger partial charge < -0.3 is 15.8 Å². The molecular formula is C31H32BF4N11O6S2. The lowest BCUT2D eigenvalue weighted by atomic mass is 9.80. The first-order valence-electron chi connectivity index (χ1n) is 15.5. The monoisotopic (exact) mass is 805 g/mol. The molecule has 0 saturated carbocycles. The van der Waals surface area contributed by atoms with E-state index in [1.54, 1.807) is 20.2 Å². The van der Waals surface area contributed by atoms with E-state index in [1.807, 2.05) is 0 Å². The molecule has 6 rings (SSSR count). The molecule has 0 spiro atoms. The highest BCUT2D eigenvalue weighted by molar-refractivity contribution is 7.89. The molecule has 0 aliphatic rings. The smallest absolute Gasteiger partial charge is 0.423 e. The van der Waals surface area contributed by atoms with Crippen molar-refractivity contribution < 1.29 is 44.4 Å². The average molecular weight is 806 g/mol. The van der Waals surface area contributed by atoms with Gasteiger partial charge in [-0.3, -0.25) is 0 Å². The molecule has 24 heteroatoms. The molecule has 55 heavy (non-hydrogen) atoms. The van der Waals surface area contributed by atoms with Gasteiger partial charge in [0.1, 0.15) is 0 Å². The van der Waals surface area contributed by atoms with E-state index in [2.05, 4.69) is 40.3 Å². The van der Waals surface area contributed by atoms with Gasteiger partial charge in [-0.05, 0) is 102 Å². The summed E-state index contributed by atoms with van der Waals surface area (Å²) in [4.78, 5) is 2.65. The maximum Gasteiger partial charge on any atom is 0.488 e. The van der Waals surface area contributed by atoms with Gasteiger partial charge in [0.25, 0.3) is 0 Å². The third-order valence-corrected chi connectivity index (χ3v) is 10.2. The van der Waals surface area contributed by atoms with E-state index in [4.69, 9.17) is 15.8 Å². The summed E-state index contributed by atoms with van der Waals surface area (Å²) in [6, 6.07) is 15.1. The zero-order valence-corrected chi connectivity index (χ0v) is 30.9. The Hall–Kier alpha value is -5.66. The van der Waals surface area contributed by atoms with E-state index >= 15 is 0 Å². The Labute approximate surface area is 312 Å². The average Bonchev–Trinajstić information content (AvgIpc) is 3.79. The van der Waals surface area contributed by atoms with Crippen molar-refractivity contribution >= 4 is 38.3 Å². The number of benzene rings is 4. The minimum absolute atomic E-state index is 0.0384. The number of hydrogen-bond donors (Lipinski definition) is 5. The molecular weight excluding hydrogens is 773 g/mol. The van der Waals surface area contributed by atoms with Crippen LogP contribution < -0.4 is 20.6 Å². The van der Waals surface area contributed by atoms with Gasteiger partial charge in [0.2, 0.25) is 31.7 Å². The largest absolute Gasteiger partial charge is 0.488 e. The summed E-state index contributed by atoms with van der Waals surface area (Å²) in [6.07, 6.45) is 0.241. The fourth-order valence-electron chi connectivity index (χ4n) is 4.54. The molecule has 290 valence electrons. The highest BCUT2D eigenvalue weighted by Crippen LogP contribution is 2.27. The molecule has 2 heterocycles. The fraction of sp³-hybridized carbons (Fsp3) is 0.161. The van der Waals surface area contributed by atoms with Crippen molar-refractivity contribution in [1.29, 1.82) is 0 Å². The summed E-state index contributed by atoms with van der Waals surface area (Å²) < 4.78 is 103. The number of tetrazole rings is 2. The molecule has 6 N–H and O–H groups in total. The number of nitrogens with one attached hydrogen (secondary N) is 2. The molecule has 4 aromatic carbocycles. The van der Waals surface area contributed by atoms with Gasteiger partial charge in [0, 0.05) is 16.8 Å². The van der Waals surface area contributed by atoms with Gasteiger partial charge in [-0.15, -0.1) is 20.4 Å². The third kappa shape index (κ3) is 10.7. The van der Waals surface area contributed by atoms with Crippen LogP contribution in [0.1, 0.15) is 11.1 Å². The van der Waals surface area contributed by atoms with Crippen LogP contribution in [0.3, 0.4) is 0 Å². The molecule has 0 radical (unpaired) electrons. The Morgan fingerprint density at radius 3 is 1.64 bits per heavy atom. The van der Waals surface area contributed by atoms with E-state index < -0.39 is 50.4 Å². The summed E-state index contributed by atoms with van der Waals surface area (Å²) in [5.74, 6) is -3.46. The van der Waals surface area contributed by atoms with Crippen molar-refractivity contribution in [3.8, 4) is 22.8 Å². The molecule has 0 unspecified atom stereocenters. The van der Waals surface area contributed by atoms with Gasteiger partial charge in [-0.1, -0.05) is 18.2 Å². The zero-order chi connectivity index (χ0) is 40.7. The van der Waals surface area contributed by atoms with Gasteiger partial charge in [0.15, 0.2) is 23.3 Å². The highest BCUT2D eigenvalue weighted by atomic mass is 32.2. The number of rotatable bonds is 9. The minimum Gasteiger partial charge on any atom is -0.423 e. The topological polar surface area (TPSA) is 246 Å². The lowest BCUT2D eigenvalue weighted by Crippen LogP contribution is -2.30. The predicted molar refractivity (Wildman–Crippen MR) is 191 cm³/mol. The lowest BCUT2D eigenvalue weighted by Gasteiger charge is -2.10. The van der Waals surface area contributed by atoms with Crippen LogP contribution in [0.4, 0.5) is 23.2 Å². The Kier molecular flexibility index (Phi) is 13.5. The van der Waals surface area contributed by atoms with Crippen molar-refractivity contribution in [2.24, 2.45) is 14.1 Å². The van der Waals surface area contributed by atoms with Gasteiger partial charge in [0.05, 0.1) is 23.9 Å². The Bertz CT molecular complexity index is 2520. The second-order valence-corrected chi connectivity index (χ2v) is 14.9. The lowest BCUT2D eigenvalue weighted by molar-refractivity contribution is 0.425. The first-order chi connectivity index (χ1) is 25.8. The quantitative estimate of drug-likeness (QED) is 0.0767. The molecule has 0 bridgehead atoms. The second kappa shape index (κ2) is 17.7. The Morgan fingerprint density at radius 2 is 1.16 bits per heavy atom. The van der Waals surface area contributed by atoms with Crippen LogP contribution in [0.15, 0.2) is 82.6 Å². The van der Waals surface area contributed by atoms with E-state index in [9.17, 15) is 34.4 Å². The third-order valence-electron chi connectivity index (χ3n) is 7.38. The molecule has 0 aliphatic carbocycles. The highest BCUT2D eigenvalue weighted by Gasteiger charge is 2.19. The maximum atomic E-state index is 13.5. The summed E-state index contributed by atoms with van der Waals surface area (Å²) in [5, 5.41) is 40.3. The van der Waals surface area contributed by atoms with Crippen molar-refractivity contribution in [2.75, 3.05) is 19.8 Å². The summed E-state index contributed by atoms with van der Waals surface area (Å²) >= 11 is 0. The molecule has 0 aliphatic heterocycles. The van der Waals surface area contributed by atoms with Gasteiger partial charge >= 0.3 is 7.12 Å². The van der Waals surface area contributed by atoms with Crippen molar-refractivity contribution in [2.45, 2.75) is 16.2 Å². The SMILES string of the molecule is CNS(=O)(=O)c1ccc(Cc2ccc(F)c(F)c2)c(-c2nnn(C)n2)c1.CNS(=O)(=O)c1ccc(N)c(-c2nnn(C)n2)c1.OB(O)c1ccc(F)c(F)c1. The number of hydrogen-bond acceptors (Lipinski definition) is 13. The summed E-state index contributed by atoms with van der Waals surface area (Å²) in [7, 11) is -3.11. The normalized spacial score (nSPS) is 11.3. The number of nitrogens with two attached hydrogens (primary N) is 1. The number of nitrogen functional groups attached to an aromatic ring is 1. The molecule has 2 aromatic heterocycles. The Balaban J connectivity index is 0.000000201. The summed E-state index contributed by atoms with van der Waals surface area (Å²) in [6.45, 7) is 0. The van der Waals surface area contributed by atoms with E-state index in [-0.39, 0.29) is 33.3 Å². The molecule has 17 nitrogen and oxygen atoms in total. The van der Waals surface area contributed by atoms with Crippen LogP contribution in [-0.2, 0) is 40.6 Å². The number of aryl methyl sites for hydroxylation is 2. The predicted octanol–water partition coefficient (Wildman–Crippen LogP) is 0.666. The van der Waals surface area contributed by atoms with Crippen LogP contribution >= 0.6 is 0 Å². The van der Waals surface area contributed by atoms with Crippen LogP contribution in [0.5, 0.6) is 0 Å². The fourth-order valence-corrected chi connectivity index (χ4v) is 6.06. The number of nitrogens with zero attached hydrogens (tertiary/aromatic N) is 8. The molecule has 0 amide bonds. The van der Waals surface area contributed by atoms with Crippen LogP contribution in [0.25, 0.3) is 22.8 Å². The molecule has 0 fully saturated rings. The number of halogens is 4. The summed E-state index contributed by atoms with van der Waals surface area (Å²) in [5.41, 5.74) is 8.16. The van der Waals surface area contributed by atoms with Crippen LogP contribution in [0, 0.1) is 23.3 Å². The maximum absolute atomic E-state index is 13.5. The first-order valence-corrected chi connectivity index (χ1v) is 18.4. The van der Waals surface area contributed by atoms with E-state index in [0.29, 0.717) is 27.9 Å². The molecule has 0 atom stereocenters. The zero-order valence-electron chi connectivity index (χ0n) is 29.2. The number of aromatic nitrogens is 8. The van der Waals surface area contributed by atoms with E-state index in [0.717, 1.165) is 30.3 Å². The minimum atomic E-state index is -3.67. The van der Waals surface area contributed by atoms with Crippen molar-refractivity contribution in [3.05, 3.63) is 107 Å². The van der Waals surface area contributed by atoms with Gasteiger partial charge in [-0.2, -0.15) is 9.59 Å². The molecule has 6 aromatic rings. The van der Waals surface area contributed by atoms with Crippen LogP contribution in [-0.4, -0.2) is 88.5 Å². The van der Waals surface area contributed by atoms with Crippen molar-refractivity contribution in [1.82, 2.24) is 49.9 Å². The Morgan fingerprint density at radius 1 is 0.673 bits per heavy atom. The van der Waals surface area contributed by atoms with Gasteiger partial charge in [-0.25, -0.2) is 43.8 Å². The van der Waals surface area contributed by atoms with E-state index in [1.165, 1.54) is 60.1 Å². The standard InChI is InChI=1S/C16H15F2N5O2S.C9H12N6O2S.C6H5BF2O2/c1-19-26(24,25)12-5-4-11(7-10-3-6-14(17)15(18)8-10)13(9-12)16-20-22-23(2)21-16;1-11-18(16,17)6-3-4-8(10)7(5-6)9-12-14-15(2)13-9;8-5-2-1-4(7(10)11)3-6(5)9/h3-6,8-9,19H,7H2,1-2H3;3-5,11H,10H2,1-2H3;1-3,10-11H. The molecule has 0 saturated heterocycles. The second-order valence-electron chi connectivity index (χ2n) is 11.2. The van der Waals surface area contributed by atoms with Crippen molar-refractivity contribution in [3.63, 3.8) is 0 Å². The van der Waals surface area contributed by atoms with Crippen LogP contribution in [0.2, 0.25) is 0 Å². The first kappa shape index (κ1) is 42.1. The number of sulfonamides is 2.